The smallest absolute Gasteiger partial charge is 0.452 e. The van der Waals surface area contributed by atoms with Crippen LogP contribution in [-0.2, 0) is 22.6 Å². The summed E-state index contributed by atoms with van der Waals surface area (Å²) in [6.45, 7) is 3.09. The number of hydrogen-bond donors (Lipinski definition) is 1. The zero-order valence-corrected chi connectivity index (χ0v) is 15.6. The van der Waals surface area contributed by atoms with Gasteiger partial charge in [0.2, 0.25) is 15.8 Å². The van der Waals surface area contributed by atoms with Crippen LogP contribution in [-0.4, -0.2) is 24.6 Å². The molecule has 3 aromatic rings. The Balaban J connectivity index is 1.80. The summed E-state index contributed by atoms with van der Waals surface area (Å²) in [6, 6.07) is 4.88. The van der Waals surface area contributed by atoms with Gasteiger partial charge >= 0.3 is 6.18 Å². The Morgan fingerprint density at radius 1 is 1.29 bits per heavy atom. The zero-order valence-electron chi connectivity index (χ0n) is 14.8. The molecule has 0 saturated heterocycles. The molecule has 28 heavy (non-hydrogen) atoms. The molecule has 0 fully saturated rings. The number of aromatic nitrogens is 2. The summed E-state index contributed by atoms with van der Waals surface area (Å²) in [4.78, 5) is 3.79. The number of sulfonamides is 1. The number of rotatable bonds is 6. The van der Waals surface area contributed by atoms with E-state index in [9.17, 15) is 21.6 Å². The fourth-order valence-corrected chi connectivity index (χ4v) is 4.05. The van der Waals surface area contributed by atoms with E-state index in [0.29, 0.717) is 12.5 Å². The van der Waals surface area contributed by atoms with Crippen molar-refractivity contribution in [2.45, 2.75) is 37.4 Å². The van der Waals surface area contributed by atoms with Gasteiger partial charge in [0.25, 0.3) is 0 Å². The molecule has 0 aliphatic heterocycles. The molecule has 0 saturated carbocycles. The second-order valence-corrected chi connectivity index (χ2v) is 7.88. The summed E-state index contributed by atoms with van der Waals surface area (Å²) in [6.07, 6.45) is -1.04. The Hall–Kier alpha value is -2.66. The lowest BCUT2D eigenvalue weighted by Gasteiger charge is -2.13. The zero-order chi connectivity index (χ0) is 20.5. The molecule has 3 rings (SSSR count). The molecule has 0 aromatic carbocycles. The summed E-state index contributed by atoms with van der Waals surface area (Å²) in [5.74, 6) is -1.42. The lowest BCUT2D eigenvalue weighted by atomic mass is 10.1. The van der Waals surface area contributed by atoms with Crippen LogP contribution in [0, 0.1) is 6.92 Å². The maximum atomic E-state index is 12.7. The summed E-state index contributed by atoms with van der Waals surface area (Å²) in [5, 5.41) is 3.30. The number of aryl methyl sites for hydroxylation is 1. The van der Waals surface area contributed by atoms with Gasteiger partial charge in [-0.25, -0.2) is 13.1 Å². The number of alkyl halides is 3. The van der Waals surface area contributed by atoms with E-state index in [1.54, 1.807) is 25.4 Å². The molecular weight excluding hydrogens is 399 g/mol. The van der Waals surface area contributed by atoms with Crippen molar-refractivity contribution in [3.8, 4) is 11.5 Å². The molecule has 3 heterocycles. The molecule has 1 N–H and O–H groups in total. The van der Waals surface area contributed by atoms with E-state index in [0.717, 1.165) is 11.6 Å². The summed E-state index contributed by atoms with van der Waals surface area (Å²) >= 11 is 0. The molecule has 0 bridgehead atoms. The molecule has 0 aliphatic carbocycles. The topological polar surface area (TPSA) is 98.2 Å². The number of pyridine rings is 1. The predicted molar refractivity (Wildman–Crippen MR) is 91.7 cm³/mol. The minimum atomic E-state index is -4.70. The highest BCUT2D eigenvalue weighted by Crippen LogP contribution is 2.34. The van der Waals surface area contributed by atoms with E-state index in [4.69, 9.17) is 4.42 Å². The van der Waals surface area contributed by atoms with Gasteiger partial charge in [-0.2, -0.15) is 13.2 Å². The van der Waals surface area contributed by atoms with Crippen molar-refractivity contribution in [1.82, 2.24) is 14.9 Å². The van der Waals surface area contributed by atoms with Gasteiger partial charge in [-0.15, -0.1) is 0 Å². The van der Waals surface area contributed by atoms with Crippen LogP contribution in [0.25, 0.3) is 11.5 Å². The molecule has 11 heteroatoms. The van der Waals surface area contributed by atoms with Crippen LogP contribution in [0.15, 0.2) is 50.5 Å². The first-order valence-electron chi connectivity index (χ1n) is 8.12. The Morgan fingerprint density at radius 3 is 2.64 bits per heavy atom. The average Bonchev–Trinajstić information content (AvgIpc) is 3.21. The van der Waals surface area contributed by atoms with Crippen LogP contribution in [0.1, 0.15) is 24.0 Å². The highest BCUT2D eigenvalue weighted by molar-refractivity contribution is 7.89. The van der Waals surface area contributed by atoms with Crippen LogP contribution < -0.4 is 4.72 Å². The molecule has 0 amide bonds. The first-order valence-corrected chi connectivity index (χ1v) is 9.60. The van der Waals surface area contributed by atoms with E-state index < -0.39 is 28.0 Å². The van der Waals surface area contributed by atoms with Crippen LogP contribution >= 0.6 is 0 Å². The van der Waals surface area contributed by atoms with Gasteiger partial charge in [-0.05, 0) is 31.9 Å². The van der Waals surface area contributed by atoms with Gasteiger partial charge in [0.15, 0.2) is 5.76 Å². The Kier molecular flexibility index (Phi) is 5.31. The quantitative estimate of drug-likeness (QED) is 0.661. The number of hydrogen-bond acceptors (Lipinski definition) is 6. The Bertz CT molecular complexity index is 1060. The number of nitrogens with one attached hydrogen (secondary N) is 1. The maximum Gasteiger partial charge on any atom is 0.452 e. The van der Waals surface area contributed by atoms with E-state index in [-0.39, 0.29) is 22.1 Å². The van der Waals surface area contributed by atoms with Crippen molar-refractivity contribution in [1.29, 1.82) is 0 Å². The molecule has 7 nitrogen and oxygen atoms in total. The van der Waals surface area contributed by atoms with Gasteiger partial charge in [-0.1, -0.05) is 11.2 Å². The number of halogens is 3. The third-order valence-corrected chi connectivity index (χ3v) is 5.52. The Labute approximate surface area is 158 Å². The van der Waals surface area contributed by atoms with Crippen molar-refractivity contribution >= 4 is 10.0 Å². The molecule has 1 unspecified atom stereocenters. The second kappa shape index (κ2) is 7.40. The standard InChI is InChI=1S/C17H16F3N3O4S/c1-10(6-12-4-3-5-21-9-12)23-28(24,25)15-8-14(26-11(15)2)13-7-16(27-22-13)17(18,19)20/h3-5,7-10,23H,6H2,1-2H3. The van der Waals surface area contributed by atoms with Crippen molar-refractivity contribution < 1.29 is 30.5 Å². The van der Waals surface area contributed by atoms with E-state index >= 15 is 0 Å². The van der Waals surface area contributed by atoms with Crippen LogP contribution in [0.3, 0.4) is 0 Å². The number of furan rings is 1. The third-order valence-electron chi connectivity index (χ3n) is 3.82. The van der Waals surface area contributed by atoms with Gasteiger partial charge < -0.3 is 8.94 Å². The molecule has 150 valence electrons. The predicted octanol–water partition coefficient (Wildman–Crippen LogP) is 3.57. The monoisotopic (exact) mass is 415 g/mol. The molecule has 1 atom stereocenters. The van der Waals surface area contributed by atoms with Crippen molar-refractivity contribution in [2.24, 2.45) is 0 Å². The van der Waals surface area contributed by atoms with Crippen LogP contribution in [0.2, 0.25) is 0 Å². The fraction of sp³-hybridized carbons (Fsp3) is 0.294. The van der Waals surface area contributed by atoms with E-state index in [1.807, 2.05) is 6.07 Å². The highest BCUT2D eigenvalue weighted by Gasteiger charge is 2.37. The SMILES string of the molecule is Cc1oc(-c2cc(C(F)(F)F)on2)cc1S(=O)(=O)NC(C)Cc1cccnc1. The van der Waals surface area contributed by atoms with Gasteiger partial charge in [0.05, 0.1) is 0 Å². The van der Waals surface area contributed by atoms with Crippen LogP contribution in [0.4, 0.5) is 13.2 Å². The molecule has 0 spiro atoms. The Morgan fingerprint density at radius 2 is 2.04 bits per heavy atom. The van der Waals surface area contributed by atoms with Gasteiger partial charge in [-0.3, -0.25) is 4.98 Å². The van der Waals surface area contributed by atoms with Crippen molar-refractivity contribution in [3.63, 3.8) is 0 Å². The van der Waals surface area contributed by atoms with Crippen LogP contribution in [0.5, 0.6) is 0 Å². The average molecular weight is 415 g/mol. The summed E-state index contributed by atoms with van der Waals surface area (Å²) in [5.41, 5.74) is 0.602. The number of nitrogens with zero attached hydrogens (tertiary/aromatic N) is 2. The maximum absolute atomic E-state index is 12.7. The lowest BCUT2D eigenvalue weighted by molar-refractivity contribution is -0.155. The highest BCUT2D eigenvalue weighted by atomic mass is 32.2. The second-order valence-electron chi connectivity index (χ2n) is 6.19. The molecule has 3 aromatic heterocycles. The van der Waals surface area contributed by atoms with Crippen molar-refractivity contribution in [2.75, 3.05) is 0 Å². The molecule has 0 radical (unpaired) electrons. The third kappa shape index (κ3) is 4.42. The van der Waals surface area contributed by atoms with Gasteiger partial charge in [0.1, 0.15) is 16.3 Å². The minimum absolute atomic E-state index is 0.0210. The van der Waals surface area contributed by atoms with Gasteiger partial charge in [0, 0.05) is 30.6 Å². The molecule has 0 aliphatic rings. The van der Waals surface area contributed by atoms with Crippen molar-refractivity contribution in [3.05, 3.63) is 53.7 Å². The molecular formula is C17H16F3N3O4S. The largest absolute Gasteiger partial charge is 0.458 e. The first-order chi connectivity index (χ1) is 13.1. The normalized spacial score (nSPS) is 13.6. The summed E-state index contributed by atoms with van der Waals surface area (Å²) in [7, 11) is -3.96. The minimum Gasteiger partial charge on any atom is -0.458 e. The fourth-order valence-electron chi connectivity index (χ4n) is 2.63. The first kappa shape index (κ1) is 20.1. The van der Waals surface area contributed by atoms with E-state index in [2.05, 4.69) is 19.4 Å². The van der Waals surface area contributed by atoms with E-state index in [1.165, 1.54) is 6.92 Å². The summed E-state index contributed by atoms with van der Waals surface area (Å²) < 4.78 is 75.3. The lowest BCUT2D eigenvalue weighted by Crippen LogP contribution is -2.34.